The normalized spacial score (nSPS) is 23.7. The van der Waals surface area contributed by atoms with Crippen molar-refractivity contribution in [2.75, 3.05) is 25.9 Å². The van der Waals surface area contributed by atoms with Crippen LogP contribution < -0.4 is 5.32 Å². The van der Waals surface area contributed by atoms with E-state index < -0.39 is 10.0 Å². The molecule has 0 saturated carbocycles. The Labute approximate surface area is 119 Å². The predicted octanol–water partition coefficient (Wildman–Crippen LogP) is 2.07. The summed E-state index contributed by atoms with van der Waals surface area (Å²) in [6, 6.07) is 0.544. The first-order valence-corrected chi connectivity index (χ1v) is 9.32. The second kappa shape index (κ2) is 7.60. The molecule has 1 saturated heterocycles. The van der Waals surface area contributed by atoms with Gasteiger partial charge in [0, 0.05) is 19.1 Å². The zero-order valence-electron chi connectivity index (χ0n) is 12.9. The molecule has 4 nitrogen and oxygen atoms in total. The van der Waals surface area contributed by atoms with Gasteiger partial charge in [-0.25, -0.2) is 12.7 Å². The Balaban J connectivity index is 2.32. The van der Waals surface area contributed by atoms with Crippen molar-refractivity contribution in [3.8, 4) is 0 Å². The van der Waals surface area contributed by atoms with E-state index in [4.69, 9.17) is 0 Å². The van der Waals surface area contributed by atoms with Gasteiger partial charge >= 0.3 is 0 Å². The SMILES string of the molecule is CC(CCNC(C)C)CC1CCCN(S(C)(=O)=O)C1. The van der Waals surface area contributed by atoms with E-state index in [1.165, 1.54) is 19.1 Å². The molecule has 5 heteroatoms. The molecule has 1 heterocycles. The van der Waals surface area contributed by atoms with E-state index in [0.29, 0.717) is 24.4 Å². The molecule has 0 radical (unpaired) electrons. The number of hydrogen-bond acceptors (Lipinski definition) is 3. The van der Waals surface area contributed by atoms with Gasteiger partial charge < -0.3 is 5.32 Å². The van der Waals surface area contributed by atoms with Gasteiger partial charge in [0.15, 0.2) is 0 Å². The maximum Gasteiger partial charge on any atom is 0.211 e. The quantitative estimate of drug-likeness (QED) is 0.781. The van der Waals surface area contributed by atoms with E-state index in [1.807, 2.05) is 0 Å². The smallest absolute Gasteiger partial charge is 0.211 e. The molecule has 114 valence electrons. The van der Waals surface area contributed by atoms with Gasteiger partial charge in [-0.3, -0.25) is 0 Å². The van der Waals surface area contributed by atoms with Crippen LogP contribution in [0, 0.1) is 11.8 Å². The highest BCUT2D eigenvalue weighted by Crippen LogP contribution is 2.25. The Morgan fingerprint density at radius 2 is 2.00 bits per heavy atom. The number of nitrogens with one attached hydrogen (secondary N) is 1. The highest BCUT2D eigenvalue weighted by molar-refractivity contribution is 7.88. The topological polar surface area (TPSA) is 49.4 Å². The van der Waals surface area contributed by atoms with E-state index in [9.17, 15) is 8.42 Å². The number of rotatable bonds is 7. The first-order chi connectivity index (χ1) is 8.79. The number of piperidine rings is 1. The van der Waals surface area contributed by atoms with Crippen molar-refractivity contribution in [3.63, 3.8) is 0 Å². The third-order valence-corrected chi connectivity index (χ3v) is 5.15. The summed E-state index contributed by atoms with van der Waals surface area (Å²) in [7, 11) is -3.00. The van der Waals surface area contributed by atoms with Crippen LogP contribution in [0.4, 0.5) is 0 Å². The molecule has 19 heavy (non-hydrogen) atoms. The fourth-order valence-electron chi connectivity index (χ4n) is 2.83. The maximum atomic E-state index is 11.6. The van der Waals surface area contributed by atoms with E-state index in [2.05, 4.69) is 26.1 Å². The lowest BCUT2D eigenvalue weighted by atomic mass is 9.88. The minimum Gasteiger partial charge on any atom is -0.315 e. The summed E-state index contributed by atoms with van der Waals surface area (Å²) in [5.41, 5.74) is 0. The second-order valence-electron chi connectivity index (χ2n) is 6.37. The zero-order chi connectivity index (χ0) is 14.5. The van der Waals surface area contributed by atoms with Gasteiger partial charge in [-0.15, -0.1) is 0 Å². The molecular formula is C14H30N2O2S. The maximum absolute atomic E-state index is 11.6. The summed E-state index contributed by atoms with van der Waals surface area (Å²) in [4.78, 5) is 0. The third kappa shape index (κ3) is 6.72. The Morgan fingerprint density at radius 3 is 2.58 bits per heavy atom. The molecule has 1 fully saturated rings. The van der Waals surface area contributed by atoms with Crippen LogP contribution in [0.15, 0.2) is 0 Å². The van der Waals surface area contributed by atoms with Crippen LogP contribution in [-0.2, 0) is 10.0 Å². The molecule has 1 aliphatic heterocycles. The summed E-state index contributed by atoms with van der Waals surface area (Å²) in [6.07, 6.45) is 5.83. The van der Waals surface area contributed by atoms with Gasteiger partial charge in [0.05, 0.1) is 6.26 Å². The Kier molecular flexibility index (Phi) is 6.77. The fraction of sp³-hybridized carbons (Fsp3) is 1.00. The lowest BCUT2D eigenvalue weighted by Crippen LogP contribution is -2.39. The molecule has 0 aliphatic carbocycles. The summed E-state index contributed by atoms with van der Waals surface area (Å²) < 4.78 is 24.8. The summed E-state index contributed by atoms with van der Waals surface area (Å²) in [5.74, 6) is 1.20. The summed E-state index contributed by atoms with van der Waals surface area (Å²) >= 11 is 0. The minimum atomic E-state index is -3.00. The van der Waals surface area contributed by atoms with E-state index in [0.717, 1.165) is 25.9 Å². The van der Waals surface area contributed by atoms with Crippen molar-refractivity contribution in [3.05, 3.63) is 0 Å². The van der Waals surface area contributed by atoms with Crippen LogP contribution in [0.3, 0.4) is 0 Å². The molecule has 1 N–H and O–H groups in total. The van der Waals surface area contributed by atoms with Gasteiger partial charge in [-0.2, -0.15) is 0 Å². The average Bonchev–Trinajstić information content (AvgIpc) is 2.27. The van der Waals surface area contributed by atoms with Crippen LogP contribution in [0.1, 0.15) is 46.5 Å². The molecule has 1 aliphatic rings. The van der Waals surface area contributed by atoms with Crippen LogP contribution in [0.2, 0.25) is 0 Å². The second-order valence-corrected chi connectivity index (χ2v) is 8.35. The molecule has 1 rings (SSSR count). The van der Waals surface area contributed by atoms with Crippen molar-refractivity contribution >= 4 is 10.0 Å². The van der Waals surface area contributed by atoms with Crippen molar-refractivity contribution in [2.24, 2.45) is 11.8 Å². The average molecular weight is 290 g/mol. The number of nitrogens with zero attached hydrogens (tertiary/aromatic N) is 1. The highest BCUT2D eigenvalue weighted by atomic mass is 32.2. The lowest BCUT2D eigenvalue weighted by molar-refractivity contribution is 0.231. The van der Waals surface area contributed by atoms with Crippen molar-refractivity contribution < 1.29 is 8.42 Å². The number of hydrogen-bond donors (Lipinski definition) is 1. The summed E-state index contributed by atoms with van der Waals surface area (Å²) in [5, 5.41) is 3.44. The van der Waals surface area contributed by atoms with Gasteiger partial charge in [0.25, 0.3) is 0 Å². The lowest BCUT2D eigenvalue weighted by Gasteiger charge is -2.32. The van der Waals surface area contributed by atoms with Crippen LogP contribution in [0.5, 0.6) is 0 Å². The Bertz CT molecular complexity index is 354. The Hall–Kier alpha value is -0.130. The standard InChI is InChI=1S/C14H30N2O2S/c1-12(2)15-8-7-13(3)10-14-6-5-9-16(11-14)19(4,17)18/h12-15H,5-11H2,1-4H3. The first-order valence-electron chi connectivity index (χ1n) is 7.47. The van der Waals surface area contributed by atoms with Crippen LogP contribution in [0.25, 0.3) is 0 Å². The van der Waals surface area contributed by atoms with Gasteiger partial charge in [-0.05, 0) is 44.1 Å². The molecular weight excluding hydrogens is 260 g/mol. The van der Waals surface area contributed by atoms with Crippen molar-refractivity contribution in [1.29, 1.82) is 0 Å². The van der Waals surface area contributed by atoms with Crippen LogP contribution in [-0.4, -0.2) is 44.7 Å². The molecule has 0 aromatic rings. The molecule has 0 aromatic carbocycles. The monoisotopic (exact) mass is 290 g/mol. The predicted molar refractivity (Wildman–Crippen MR) is 80.7 cm³/mol. The molecule has 0 amide bonds. The van der Waals surface area contributed by atoms with Gasteiger partial charge in [-0.1, -0.05) is 20.8 Å². The largest absolute Gasteiger partial charge is 0.315 e. The fourth-order valence-corrected chi connectivity index (χ4v) is 3.77. The third-order valence-electron chi connectivity index (χ3n) is 3.88. The minimum absolute atomic E-state index is 0.539. The number of sulfonamides is 1. The molecule has 0 aromatic heterocycles. The van der Waals surface area contributed by atoms with Crippen molar-refractivity contribution in [1.82, 2.24) is 9.62 Å². The zero-order valence-corrected chi connectivity index (χ0v) is 13.7. The molecule has 2 unspecified atom stereocenters. The highest BCUT2D eigenvalue weighted by Gasteiger charge is 2.26. The van der Waals surface area contributed by atoms with Gasteiger partial charge in [0.1, 0.15) is 0 Å². The van der Waals surface area contributed by atoms with E-state index in [1.54, 1.807) is 4.31 Å². The van der Waals surface area contributed by atoms with Crippen molar-refractivity contribution in [2.45, 2.75) is 52.5 Å². The van der Waals surface area contributed by atoms with E-state index in [-0.39, 0.29) is 0 Å². The van der Waals surface area contributed by atoms with E-state index >= 15 is 0 Å². The molecule has 2 atom stereocenters. The Morgan fingerprint density at radius 1 is 1.32 bits per heavy atom. The first kappa shape index (κ1) is 16.9. The van der Waals surface area contributed by atoms with Crippen LogP contribution >= 0.6 is 0 Å². The summed E-state index contributed by atoms with van der Waals surface area (Å²) in [6.45, 7) is 9.09. The molecule has 0 spiro atoms. The molecule has 0 bridgehead atoms. The van der Waals surface area contributed by atoms with Gasteiger partial charge in [0.2, 0.25) is 10.0 Å².